The Morgan fingerprint density at radius 3 is 2.44 bits per heavy atom. The maximum atomic E-state index is 13.0. The van der Waals surface area contributed by atoms with Crippen LogP contribution >= 0.6 is 27.5 Å². The topological polar surface area (TPSA) is 83.5 Å². The van der Waals surface area contributed by atoms with Gasteiger partial charge in [-0.05, 0) is 48.0 Å². The third-order valence-electron chi connectivity index (χ3n) is 4.09. The molecule has 1 aromatic heterocycles. The maximum Gasteiger partial charge on any atom is 0.417 e. The van der Waals surface area contributed by atoms with Crippen molar-refractivity contribution in [3.63, 3.8) is 0 Å². The van der Waals surface area contributed by atoms with E-state index in [9.17, 15) is 22.8 Å². The van der Waals surface area contributed by atoms with E-state index in [1.807, 2.05) is 0 Å². The fourth-order valence-electron chi connectivity index (χ4n) is 2.58. The number of pyridine rings is 1. The van der Waals surface area contributed by atoms with Crippen molar-refractivity contribution in [2.24, 2.45) is 5.10 Å². The van der Waals surface area contributed by atoms with Gasteiger partial charge in [-0.2, -0.15) is 18.3 Å². The number of benzene rings is 2. The van der Waals surface area contributed by atoms with Gasteiger partial charge in [-0.3, -0.25) is 14.6 Å². The Balaban J connectivity index is 1.77. The molecule has 0 saturated carbocycles. The number of hydrazone groups is 1. The zero-order valence-corrected chi connectivity index (χ0v) is 18.3. The molecule has 164 valence electrons. The predicted octanol–water partition coefficient (Wildman–Crippen LogP) is 5.53. The minimum Gasteiger partial charge on any atom is -0.321 e. The molecule has 2 aromatic carbocycles. The lowest BCUT2D eigenvalue weighted by atomic mass is 10.1. The summed E-state index contributed by atoms with van der Waals surface area (Å²) in [6.07, 6.45) is -0.654. The van der Waals surface area contributed by atoms with E-state index in [-0.39, 0.29) is 16.8 Å². The van der Waals surface area contributed by atoms with Gasteiger partial charge in [-0.15, -0.1) is 0 Å². The van der Waals surface area contributed by atoms with Gasteiger partial charge in [0.1, 0.15) is 0 Å². The summed E-state index contributed by atoms with van der Waals surface area (Å²) in [5, 5.41) is 5.90. The molecule has 0 unspecified atom stereocenters. The molecular weight excluding hydrogens is 513 g/mol. The molecule has 0 aliphatic carbocycles. The number of hydrogen-bond donors (Lipinski definition) is 2. The van der Waals surface area contributed by atoms with E-state index in [1.54, 1.807) is 6.07 Å². The lowest BCUT2D eigenvalue weighted by Crippen LogP contribution is -2.21. The number of carbonyl (C=O) groups is 2. The molecule has 1 heterocycles. The first-order valence-electron chi connectivity index (χ1n) is 8.86. The van der Waals surface area contributed by atoms with Crippen LogP contribution in [0.5, 0.6) is 0 Å². The SMILES string of the molecule is O=C(Nc1ccc(Br)cc1C(=O)NN=Cc1ccc(Cl)c(C(F)(F)F)c1)c1ccncc1. The number of nitrogens with zero attached hydrogens (tertiary/aromatic N) is 2. The predicted molar refractivity (Wildman–Crippen MR) is 118 cm³/mol. The fraction of sp³-hybridized carbons (Fsp3) is 0.0476. The summed E-state index contributed by atoms with van der Waals surface area (Å²) >= 11 is 8.84. The van der Waals surface area contributed by atoms with E-state index < -0.39 is 28.6 Å². The fourth-order valence-corrected chi connectivity index (χ4v) is 3.16. The first kappa shape index (κ1) is 23.4. The van der Waals surface area contributed by atoms with Gasteiger partial charge in [0.25, 0.3) is 11.8 Å². The van der Waals surface area contributed by atoms with Crippen LogP contribution in [-0.4, -0.2) is 23.0 Å². The van der Waals surface area contributed by atoms with E-state index in [2.05, 4.69) is 36.8 Å². The first-order valence-corrected chi connectivity index (χ1v) is 10.0. The molecule has 0 aliphatic rings. The van der Waals surface area contributed by atoms with Gasteiger partial charge in [0.2, 0.25) is 0 Å². The van der Waals surface area contributed by atoms with Crippen LogP contribution in [0.1, 0.15) is 31.8 Å². The Hall–Kier alpha value is -3.24. The lowest BCUT2D eigenvalue weighted by molar-refractivity contribution is -0.137. The number of amides is 2. The van der Waals surface area contributed by atoms with Crippen LogP contribution in [0.25, 0.3) is 0 Å². The largest absolute Gasteiger partial charge is 0.417 e. The highest BCUT2D eigenvalue weighted by Crippen LogP contribution is 2.34. The van der Waals surface area contributed by atoms with Crippen LogP contribution in [-0.2, 0) is 6.18 Å². The molecule has 0 spiro atoms. The molecule has 32 heavy (non-hydrogen) atoms. The number of rotatable bonds is 5. The third-order valence-corrected chi connectivity index (χ3v) is 4.92. The van der Waals surface area contributed by atoms with Crippen molar-refractivity contribution < 1.29 is 22.8 Å². The monoisotopic (exact) mass is 524 g/mol. The zero-order valence-electron chi connectivity index (χ0n) is 16.0. The van der Waals surface area contributed by atoms with Crippen LogP contribution in [0.4, 0.5) is 18.9 Å². The highest BCUT2D eigenvalue weighted by Gasteiger charge is 2.33. The summed E-state index contributed by atoms with van der Waals surface area (Å²) in [6.45, 7) is 0. The lowest BCUT2D eigenvalue weighted by Gasteiger charge is -2.11. The van der Waals surface area contributed by atoms with Crippen molar-refractivity contribution >= 4 is 51.2 Å². The standard InChI is InChI=1S/C21H13BrClF3N4O2/c22-14-2-4-18(29-19(31)13-5-7-27-8-6-13)15(10-14)20(32)30-28-11-12-1-3-17(23)16(9-12)21(24,25)26/h1-11H,(H,29,31)(H,30,32). The molecule has 0 fully saturated rings. The number of aromatic nitrogens is 1. The number of halogens is 5. The summed E-state index contributed by atoms with van der Waals surface area (Å²) in [5.41, 5.74) is 1.96. The van der Waals surface area contributed by atoms with Crippen LogP contribution in [0.3, 0.4) is 0 Å². The molecule has 2 N–H and O–H groups in total. The quantitative estimate of drug-likeness (QED) is 0.339. The maximum absolute atomic E-state index is 13.0. The minimum absolute atomic E-state index is 0.0856. The van der Waals surface area contributed by atoms with E-state index >= 15 is 0 Å². The molecule has 0 saturated heterocycles. The summed E-state index contributed by atoms with van der Waals surface area (Å²) in [6, 6.07) is 10.9. The molecule has 0 aliphatic heterocycles. The van der Waals surface area contributed by atoms with E-state index in [4.69, 9.17) is 11.6 Å². The second-order valence-electron chi connectivity index (χ2n) is 6.32. The first-order chi connectivity index (χ1) is 15.1. The van der Waals surface area contributed by atoms with Gasteiger partial charge in [0.15, 0.2) is 0 Å². The summed E-state index contributed by atoms with van der Waals surface area (Å²) in [5.74, 6) is -1.13. The van der Waals surface area contributed by atoms with Crippen LogP contribution in [0.2, 0.25) is 5.02 Å². The number of carbonyl (C=O) groups excluding carboxylic acids is 2. The number of anilines is 1. The molecular formula is C21H13BrClF3N4O2. The second-order valence-corrected chi connectivity index (χ2v) is 7.64. The van der Waals surface area contributed by atoms with Crippen molar-refractivity contribution in [2.75, 3.05) is 5.32 Å². The second kappa shape index (κ2) is 9.92. The number of hydrogen-bond acceptors (Lipinski definition) is 4. The summed E-state index contributed by atoms with van der Waals surface area (Å²) in [4.78, 5) is 28.8. The van der Waals surface area contributed by atoms with Crippen molar-refractivity contribution in [1.29, 1.82) is 0 Å². The number of alkyl halides is 3. The van der Waals surface area contributed by atoms with Crippen LogP contribution < -0.4 is 10.7 Å². The van der Waals surface area contributed by atoms with Crippen molar-refractivity contribution in [3.8, 4) is 0 Å². The van der Waals surface area contributed by atoms with Gasteiger partial charge >= 0.3 is 6.18 Å². The van der Waals surface area contributed by atoms with Gasteiger partial charge in [-0.1, -0.05) is 33.6 Å². The molecule has 3 rings (SSSR count). The molecule has 0 bridgehead atoms. The van der Waals surface area contributed by atoms with E-state index in [0.717, 1.165) is 18.3 Å². The molecule has 11 heteroatoms. The van der Waals surface area contributed by atoms with E-state index in [0.29, 0.717) is 10.0 Å². The Kier molecular flexibility index (Phi) is 7.26. The van der Waals surface area contributed by atoms with Crippen LogP contribution in [0.15, 0.2) is 70.5 Å². The van der Waals surface area contributed by atoms with Crippen LogP contribution in [0, 0.1) is 0 Å². The molecule has 3 aromatic rings. The molecule has 0 atom stereocenters. The Labute approximate surface area is 193 Å². The minimum atomic E-state index is -4.62. The van der Waals surface area contributed by atoms with Gasteiger partial charge < -0.3 is 5.32 Å². The average Bonchev–Trinajstić information content (AvgIpc) is 2.75. The Morgan fingerprint density at radius 2 is 1.75 bits per heavy atom. The average molecular weight is 526 g/mol. The van der Waals surface area contributed by atoms with Gasteiger partial charge in [0.05, 0.1) is 28.1 Å². The summed E-state index contributed by atoms with van der Waals surface area (Å²) < 4.78 is 39.5. The van der Waals surface area contributed by atoms with E-state index in [1.165, 1.54) is 42.7 Å². The molecule has 0 radical (unpaired) electrons. The normalized spacial score (nSPS) is 11.4. The Morgan fingerprint density at radius 1 is 1.03 bits per heavy atom. The highest BCUT2D eigenvalue weighted by atomic mass is 79.9. The third kappa shape index (κ3) is 5.92. The Bertz CT molecular complexity index is 1190. The summed E-state index contributed by atoms with van der Waals surface area (Å²) in [7, 11) is 0. The zero-order chi connectivity index (χ0) is 23.3. The smallest absolute Gasteiger partial charge is 0.321 e. The van der Waals surface area contributed by atoms with Gasteiger partial charge in [0, 0.05) is 22.4 Å². The van der Waals surface area contributed by atoms with Crippen molar-refractivity contribution in [3.05, 3.63) is 92.7 Å². The molecule has 6 nitrogen and oxygen atoms in total. The van der Waals surface area contributed by atoms with Crippen molar-refractivity contribution in [1.82, 2.24) is 10.4 Å². The molecule has 2 amide bonds. The van der Waals surface area contributed by atoms with Crippen molar-refractivity contribution in [2.45, 2.75) is 6.18 Å². The van der Waals surface area contributed by atoms with Gasteiger partial charge in [-0.25, -0.2) is 5.43 Å². The number of nitrogens with one attached hydrogen (secondary N) is 2. The highest BCUT2D eigenvalue weighted by molar-refractivity contribution is 9.10.